The summed E-state index contributed by atoms with van der Waals surface area (Å²) in [5.41, 5.74) is 4.47. The summed E-state index contributed by atoms with van der Waals surface area (Å²) in [6, 6.07) is 5.86. The molecule has 2 aromatic carbocycles. The first-order chi connectivity index (χ1) is 18.5. The van der Waals surface area contributed by atoms with E-state index in [1.807, 2.05) is 31.3 Å². The van der Waals surface area contributed by atoms with Crippen molar-refractivity contribution in [2.75, 3.05) is 62.3 Å². The zero-order valence-corrected chi connectivity index (χ0v) is 21.5. The van der Waals surface area contributed by atoms with Crippen molar-refractivity contribution in [3.8, 4) is 16.9 Å². The number of piperazine rings is 1. The summed E-state index contributed by atoms with van der Waals surface area (Å²) < 4.78 is 12.0. The van der Waals surface area contributed by atoms with Gasteiger partial charge in [-0.25, -0.2) is 9.78 Å². The highest BCUT2D eigenvalue weighted by Gasteiger charge is 2.37. The second-order valence-electron chi connectivity index (χ2n) is 9.88. The third kappa shape index (κ3) is 3.60. The number of fused-ring (bicyclic) bond motifs is 3. The average Bonchev–Trinajstić information content (AvgIpc) is 3.34. The lowest BCUT2D eigenvalue weighted by atomic mass is 9.95. The standard InChI is InChI=1S/C26H26ClN7O4/c1-14-2-3-18-17(11-28-31-18)20(14)16-10-19-21-23(22(16)27)38-13-15-12-33(26(35)36)4-5-34(15)24(21)30-25(29-19)32-6-8-37-9-7-32/h2-3,10-11,15H,4-9,12-13H2,1H3,(H,28,31)(H,35,36)/t15-/m0/s1. The van der Waals surface area contributed by atoms with E-state index in [0.29, 0.717) is 62.7 Å². The molecule has 3 aliphatic rings. The molecule has 0 bridgehead atoms. The molecule has 0 spiro atoms. The summed E-state index contributed by atoms with van der Waals surface area (Å²) in [6.45, 7) is 6.13. The number of aromatic amines is 1. The summed E-state index contributed by atoms with van der Waals surface area (Å²) in [7, 11) is 0. The number of hydrogen-bond donors (Lipinski definition) is 2. The lowest BCUT2D eigenvalue weighted by Crippen LogP contribution is -2.56. The van der Waals surface area contributed by atoms with Crippen molar-refractivity contribution < 1.29 is 19.4 Å². The molecular weight excluding hydrogens is 510 g/mol. The minimum atomic E-state index is -0.933. The number of carbonyl (C=O) groups is 1. The van der Waals surface area contributed by atoms with Gasteiger partial charge in [-0.05, 0) is 30.2 Å². The molecule has 2 fully saturated rings. The summed E-state index contributed by atoms with van der Waals surface area (Å²) in [5, 5.41) is 19.1. The third-order valence-electron chi connectivity index (χ3n) is 7.69. The van der Waals surface area contributed by atoms with Gasteiger partial charge in [0.25, 0.3) is 0 Å². The molecule has 0 radical (unpaired) electrons. The molecule has 1 atom stereocenters. The molecule has 7 rings (SSSR count). The van der Waals surface area contributed by atoms with E-state index in [0.717, 1.165) is 44.3 Å². The third-order valence-corrected chi connectivity index (χ3v) is 8.07. The monoisotopic (exact) mass is 535 g/mol. The van der Waals surface area contributed by atoms with Gasteiger partial charge in [-0.1, -0.05) is 17.7 Å². The van der Waals surface area contributed by atoms with Crippen LogP contribution in [-0.4, -0.2) is 94.9 Å². The Balaban J connectivity index is 1.47. The molecule has 38 heavy (non-hydrogen) atoms. The van der Waals surface area contributed by atoms with Crippen molar-refractivity contribution in [3.05, 3.63) is 35.0 Å². The van der Waals surface area contributed by atoms with Crippen LogP contribution in [0.15, 0.2) is 24.4 Å². The van der Waals surface area contributed by atoms with Gasteiger partial charge in [0.1, 0.15) is 12.4 Å². The number of halogens is 1. The van der Waals surface area contributed by atoms with Gasteiger partial charge >= 0.3 is 6.09 Å². The van der Waals surface area contributed by atoms with E-state index in [1.54, 1.807) is 0 Å². The van der Waals surface area contributed by atoms with Crippen LogP contribution in [0.1, 0.15) is 5.56 Å². The van der Waals surface area contributed by atoms with Crippen molar-refractivity contribution in [1.82, 2.24) is 25.1 Å². The van der Waals surface area contributed by atoms with Gasteiger partial charge in [-0.3, -0.25) is 5.10 Å². The molecule has 2 saturated heterocycles. The van der Waals surface area contributed by atoms with Crippen LogP contribution in [0.3, 0.4) is 0 Å². The smallest absolute Gasteiger partial charge is 0.407 e. The molecule has 0 aliphatic carbocycles. The Hall–Kier alpha value is -3.83. The summed E-state index contributed by atoms with van der Waals surface area (Å²) >= 11 is 7.14. The van der Waals surface area contributed by atoms with Crippen LogP contribution in [-0.2, 0) is 4.74 Å². The molecule has 4 aromatic rings. The highest BCUT2D eigenvalue weighted by molar-refractivity contribution is 6.37. The van der Waals surface area contributed by atoms with E-state index in [1.165, 1.54) is 4.90 Å². The van der Waals surface area contributed by atoms with Crippen LogP contribution in [0.25, 0.3) is 32.9 Å². The number of amides is 1. The fourth-order valence-electron chi connectivity index (χ4n) is 5.75. The Morgan fingerprint density at radius 3 is 2.84 bits per heavy atom. The highest BCUT2D eigenvalue weighted by Crippen LogP contribution is 2.48. The second kappa shape index (κ2) is 8.88. The average molecular weight is 536 g/mol. The zero-order valence-electron chi connectivity index (χ0n) is 20.8. The number of aromatic nitrogens is 4. The van der Waals surface area contributed by atoms with Crippen molar-refractivity contribution in [3.63, 3.8) is 0 Å². The molecule has 12 heteroatoms. The van der Waals surface area contributed by atoms with Crippen molar-refractivity contribution in [2.45, 2.75) is 13.0 Å². The number of rotatable bonds is 2. The minimum Gasteiger partial charge on any atom is -0.489 e. The van der Waals surface area contributed by atoms with Crippen molar-refractivity contribution >= 4 is 51.3 Å². The highest BCUT2D eigenvalue weighted by atomic mass is 35.5. The van der Waals surface area contributed by atoms with Gasteiger partial charge in [0.05, 0.1) is 46.9 Å². The number of H-pyrrole nitrogens is 1. The minimum absolute atomic E-state index is 0.207. The number of hydrogen-bond acceptors (Lipinski definition) is 8. The Morgan fingerprint density at radius 1 is 1.18 bits per heavy atom. The molecule has 2 aromatic heterocycles. The Kier molecular flexibility index (Phi) is 5.45. The number of aryl methyl sites for hydroxylation is 1. The molecule has 196 valence electrons. The van der Waals surface area contributed by atoms with Gasteiger partial charge in [0.15, 0.2) is 5.75 Å². The largest absolute Gasteiger partial charge is 0.489 e. The Morgan fingerprint density at radius 2 is 2.03 bits per heavy atom. The number of carboxylic acid groups (broad SMARTS) is 1. The van der Waals surface area contributed by atoms with E-state index >= 15 is 0 Å². The van der Waals surface area contributed by atoms with Crippen LogP contribution in [0.5, 0.6) is 5.75 Å². The van der Waals surface area contributed by atoms with Gasteiger partial charge in [-0.15, -0.1) is 0 Å². The summed E-state index contributed by atoms with van der Waals surface area (Å²) in [4.78, 5) is 27.5. The number of benzene rings is 2. The van der Waals surface area contributed by atoms with Gasteiger partial charge in [-0.2, -0.15) is 10.1 Å². The molecule has 0 saturated carbocycles. The van der Waals surface area contributed by atoms with E-state index in [9.17, 15) is 9.90 Å². The predicted molar refractivity (Wildman–Crippen MR) is 144 cm³/mol. The van der Waals surface area contributed by atoms with Crippen molar-refractivity contribution in [1.29, 1.82) is 0 Å². The van der Waals surface area contributed by atoms with Crippen molar-refractivity contribution in [2.24, 2.45) is 0 Å². The molecule has 0 unspecified atom stereocenters. The molecule has 11 nitrogen and oxygen atoms in total. The quantitative estimate of drug-likeness (QED) is 0.397. The first kappa shape index (κ1) is 23.3. The van der Waals surface area contributed by atoms with E-state index in [2.05, 4.69) is 20.0 Å². The van der Waals surface area contributed by atoms with Crippen LogP contribution in [0.4, 0.5) is 16.6 Å². The van der Waals surface area contributed by atoms with Gasteiger partial charge < -0.3 is 29.3 Å². The molecule has 3 aliphatic heterocycles. The summed E-state index contributed by atoms with van der Waals surface area (Å²) in [5.74, 6) is 1.87. The number of ether oxygens (including phenoxy) is 2. The molecular formula is C26H26ClN7O4. The SMILES string of the molecule is Cc1ccc2[nH]ncc2c1-c1cc2nc(N3CCOCC3)nc3c2c(c1Cl)OC[C@@H]1CN(C(=O)O)CCN31. The zero-order chi connectivity index (χ0) is 26.0. The maximum Gasteiger partial charge on any atom is 0.407 e. The number of nitrogens with one attached hydrogen (secondary N) is 1. The van der Waals surface area contributed by atoms with Crippen LogP contribution >= 0.6 is 11.6 Å². The maximum atomic E-state index is 11.8. The van der Waals surface area contributed by atoms with Crippen LogP contribution < -0.4 is 14.5 Å². The fraction of sp³-hybridized carbons (Fsp3) is 0.385. The molecule has 2 N–H and O–H groups in total. The van der Waals surface area contributed by atoms with E-state index < -0.39 is 6.09 Å². The van der Waals surface area contributed by atoms with Gasteiger partial charge in [0, 0.05) is 43.7 Å². The first-order valence-electron chi connectivity index (χ1n) is 12.7. The van der Waals surface area contributed by atoms with Crippen LogP contribution in [0.2, 0.25) is 5.02 Å². The lowest BCUT2D eigenvalue weighted by molar-refractivity contribution is 0.122. The first-order valence-corrected chi connectivity index (χ1v) is 13.0. The van der Waals surface area contributed by atoms with E-state index in [4.69, 9.17) is 31.0 Å². The topological polar surface area (TPSA) is 120 Å². The predicted octanol–water partition coefficient (Wildman–Crippen LogP) is 3.53. The van der Waals surface area contributed by atoms with Gasteiger partial charge in [0.2, 0.25) is 5.95 Å². The Labute approximate surface area is 222 Å². The normalized spacial score (nSPS) is 19.4. The van der Waals surface area contributed by atoms with E-state index in [-0.39, 0.29) is 12.6 Å². The number of morpholine rings is 1. The number of nitrogens with zero attached hydrogens (tertiary/aromatic N) is 6. The Bertz CT molecular complexity index is 1590. The maximum absolute atomic E-state index is 11.8. The second-order valence-corrected chi connectivity index (χ2v) is 10.3. The summed E-state index contributed by atoms with van der Waals surface area (Å²) in [6.07, 6.45) is 0.875. The molecule has 1 amide bonds. The fourth-order valence-corrected chi connectivity index (χ4v) is 6.05. The number of anilines is 2. The molecule has 5 heterocycles. The lowest BCUT2D eigenvalue weighted by Gasteiger charge is -2.40. The van der Waals surface area contributed by atoms with Crippen LogP contribution in [0, 0.1) is 6.92 Å².